The second kappa shape index (κ2) is 4.55. The third-order valence-corrected chi connectivity index (χ3v) is 2.87. The molecule has 0 radical (unpaired) electrons. The Bertz CT molecular complexity index is 399. The van der Waals surface area contributed by atoms with E-state index in [1.54, 1.807) is 34.6 Å². The zero-order valence-corrected chi connectivity index (χ0v) is 11.4. The number of hydrogen-bond acceptors (Lipinski definition) is 4. The molecule has 2 atom stereocenters. The summed E-state index contributed by atoms with van der Waals surface area (Å²) in [5.74, 6) is -2.41. The number of carbonyl (C=O) groups is 3. The van der Waals surface area contributed by atoms with Crippen molar-refractivity contribution in [2.24, 2.45) is 11.8 Å². The smallest absolute Gasteiger partial charge is 0.355 e. The lowest BCUT2D eigenvalue weighted by Gasteiger charge is -2.23. The minimum Gasteiger partial charge on any atom is -0.455 e. The summed E-state index contributed by atoms with van der Waals surface area (Å²) in [6.07, 6.45) is 0. The highest BCUT2D eigenvalue weighted by molar-refractivity contribution is 6.11. The molecule has 1 aliphatic rings. The van der Waals surface area contributed by atoms with Crippen LogP contribution in [0, 0.1) is 11.8 Å². The van der Waals surface area contributed by atoms with E-state index < -0.39 is 35.2 Å². The van der Waals surface area contributed by atoms with E-state index in [4.69, 9.17) is 4.74 Å². The van der Waals surface area contributed by atoms with Crippen molar-refractivity contribution in [3.05, 3.63) is 12.3 Å². The van der Waals surface area contributed by atoms with Crippen molar-refractivity contribution in [2.45, 2.75) is 40.2 Å². The van der Waals surface area contributed by atoms with Gasteiger partial charge >= 0.3 is 5.97 Å². The minimum absolute atomic E-state index is 0.212. The van der Waals surface area contributed by atoms with Gasteiger partial charge in [-0.25, -0.2) is 9.69 Å². The van der Waals surface area contributed by atoms with Gasteiger partial charge in [-0.15, -0.1) is 0 Å². The molecule has 2 amide bonds. The van der Waals surface area contributed by atoms with E-state index in [2.05, 4.69) is 6.58 Å². The maximum absolute atomic E-state index is 11.9. The van der Waals surface area contributed by atoms with Crippen molar-refractivity contribution in [3.8, 4) is 0 Å². The number of nitrogens with zero attached hydrogens (tertiary/aromatic N) is 1. The van der Waals surface area contributed by atoms with Gasteiger partial charge in [0.05, 0.1) is 0 Å². The first kappa shape index (κ1) is 14.4. The molecule has 5 nitrogen and oxygen atoms in total. The second-order valence-corrected chi connectivity index (χ2v) is 5.54. The van der Waals surface area contributed by atoms with E-state index in [0.29, 0.717) is 0 Å². The maximum atomic E-state index is 11.9. The summed E-state index contributed by atoms with van der Waals surface area (Å²) in [5.41, 5.74) is -0.903. The van der Waals surface area contributed by atoms with Crippen LogP contribution >= 0.6 is 0 Å². The Morgan fingerprint density at radius 3 is 1.89 bits per heavy atom. The molecule has 0 aromatic carbocycles. The van der Waals surface area contributed by atoms with Gasteiger partial charge in [0.15, 0.2) is 0 Å². The molecular formula is C13H19NO4. The molecule has 18 heavy (non-hydrogen) atoms. The lowest BCUT2D eigenvalue weighted by Crippen LogP contribution is -2.36. The molecular weight excluding hydrogens is 234 g/mol. The fourth-order valence-corrected chi connectivity index (χ4v) is 1.64. The molecule has 1 aliphatic heterocycles. The van der Waals surface area contributed by atoms with Gasteiger partial charge in [0.1, 0.15) is 11.3 Å². The number of carbonyl (C=O) groups excluding carboxylic acids is 3. The van der Waals surface area contributed by atoms with Gasteiger partial charge < -0.3 is 4.74 Å². The molecule has 1 rings (SSSR count). The predicted octanol–water partition coefficient (Wildman–Crippen LogP) is 1.48. The van der Waals surface area contributed by atoms with Crippen molar-refractivity contribution in [1.29, 1.82) is 0 Å². The normalized spacial score (nSPS) is 24.4. The topological polar surface area (TPSA) is 63.7 Å². The van der Waals surface area contributed by atoms with Gasteiger partial charge in [0, 0.05) is 11.8 Å². The first-order chi connectivity index (χ1) is 8.06. The van der Waals surface area contributed by atoms with Gasteiger partial charge in [-0.2, -0.15) is 0 Å². The highest BCUT2D eigenvalue weighted by Crippen LogP contribution is 2.28. The van der Waals surface area contributed by atoms with Crippen molar-refractivity contribution in [2.75, 3.05) is 0 Å². The molecule has 0 bridgehead atoms. The summed E-state index contributed by atoms with van der Waals surface area (Å²) in [7, 11) is 0. The van der Waals surface area contributed by atoms with E-state index in [1.807, 2.05) is 0 Å². The highest BCUT2D eigenvalue weighted by Gasteiger charge is 2.45. The molecule has 0 aliphatic carbocycles. The number of rotatable bonds is 2. The van der Waals surface area contributed by atoms with Gasteiger partial charge in [0.25, 0.3) is 0 Å². The van der Waals surface area contributed by atoms with Gasteiger partial charge in [0.2, 0.25) is 11.8 Å². The fourth-order valence-electron chi connectivity index (χ4n) is 1.64. The Balaban J connectivity index is 2.89. The summed E-state index contributed by atoms with van der Waals surface area (Å²) in [6.45, 7) is 11.9. The van der Waals surface area contributed by atoms with Crippen LogP contribution in [0.4, 0.5) is 0 Å². The number of amides is 2. The molecule has 1 heterocycles. The minimum atomic E-state index is -0.745. The first-order valence-electron chi connectivity index (χ1n) is 5.86. The van der Waals surface area contributed by atoms with Crippen molar-refractivity contribution < 1.29 is 19.1 Å². The average molecular weight is 253 g/mol. The first-order valence-corrected chi connectivity index (χ1v) is 5.86. The zero-order valence-electron chi connectivity index (χ0n) is 11.4. The largest absolute Gasteiger partial charge is 0.455 e. The number of ether oxygens (including phenoxy) is 1. The third-order valence-electron chi connectivity index (χ3n) is 2.87. The van der Waals surface area contributed by atoms with E-state index in [1.165, 1.54) is 0 Å². The summed E-state index contributed by atoms with van der Waals surface area (Å²) in [4.78, 5) is 36.4. The zero-order chi connectivity index (χ0) is 14.2. The van der Waals surface area contributed by atoms with Crippen LogP contribution in [0.3, 0.4) is 0 Å². The molecule has 1 saturated heterocycles. The number of likely N-dealkylation sites (tertiary alicyclic amines) is 1. The summed E-state index contributed by atoms with van der Waals surface area (Å²) >= 11 is 0. The Kier molecular flexibility index (Phi) is 3.64. The Morgan fingerprint density at radius 2 is 1.56 bits per heavy atom. The average Bonchev–Trinajstić information content (AvgIpc) is 2.40. The molecule has 0 N–H and O–H groups in total. The predicted molar refractivity (Wildman–Crippen MR) is 65.2 cm³/mol. The number of hydrogen-bond donors (Lipinski definition) is 0. The molecule has 0 spiro atoms. The van der Waals surface area contributed by atoms with Crippen LogP contribution in [-0.4, -0.2) is 28.3 Å². The number of esters is 1. The van der Waals surface area contributed by atoms with Gasteiger partial charge in [-0.3, -0.25) is 9.59 Å². The quantitative estimate of drug-likeness (QED) is 0.425. The van der Waals surface area contributed by atoms with E-state index in [-0.39, 0.29) is 5.70 Å². The Morgan fingerprint density at radius 1 is 1.17 bits per heavy atom. The summed E-state index contributed by atoms with van der Waals surface area (Å²) < 4.78 is 5.09. The monoisotopic (exact) mass is 253 g/mol. The SMILES string of the molecule is C=C(C(=O)OC(C)(C)C)N1C(=O)C(C)C(C)C1=O. The van der Waals surface area contributed by atoms with Crippen molar-refractivity contribution in [1.82, 2.24) is 4.90 Å². The van der Waals surface area contributed by atoms with Gasteiger partial charge in [-0.05, 0) is 20.8 Å². The van der Waals surface area contributed by atoms with Crippen LogP contribution in [0.5, 0.6) is 0 Å². The van der Waals surface area contributed by atoms with E-state index >= 15 is 0 Å². The lowest BCUT2D eigenvalue weighted by molar-refractivity contribution is -0.155. The fraction of sp³-hybridized carbons (Fsp3) is 0.615. The maximum Gasteiger partial charge on any atom is 0.355 e. The van der Waals surface area contributed by atoms with Crippen molar-refractivity contribution in [3.63, 3.8) is 0 Å². The third kappa shape index (κ3) is 2.60. The standard InChI is InChI=1S/C13H19NO4/c1-7-8(2)11(16)14(10(7)15)9(3)12(17)18-13(4,5)6/h7-8H,3H2,1-2,4-6H3. The van der Waals surface area contributed by atoms with Gasteiger partial charge in [-0.1, -0.05) is 20.4 Å². The second-order valence-electron chi connectivity index (χ2n) is 5.54. The van der Waals surface area contributed by atoms with Crippen LogP contribution in [0.25, 0.3) is 0 Å². The molecule has 0 aromatic rings. The van der Waals surface area contributed by atoms with Crippen LogP contribution in [-0.2, 0) is 19.1 Å². The Labute approximate surface area is 107 Å². The lowest BCUT2D eigenvalue weighted by atomic mass is 10.00. The van der Waals surface area contributed by atoms with Crippen LogP contribution in [0.2, 0.25) is 0 Å². The number of imide groups is 1. The molecule has 2 unspecified atom stereocenters. The van der Waals surface area contributed by atoms with Crippen molar-refractivity contribution >= 4 is 17.8 Å². The van der Waals surface area contributed by atoms with Crippen LogP contribution < -0.4 is 0 Å². The highest BCUT2D eigenvalue weighted by atomic mass is 16.6. The molecule has 1 fully saturated rings. The Hall–Kier alpha value is -1.65. The summed E-state index contributed by atoms with van der Waals surface area (Å²) in [5, 5.41) is 0. The molecule has 0 aromatic heterocycles. The van der Waals surface area contributed by atoms with Crippen LogP contribution in [0.1, 0.15) is 34.6 Å². The molecule has 100 valence electrons. The van der Waals surface area contributed by atoms with E-state index in [9.17, 15) is 14.4 Å². The molecule has 0 saturated carbocycles. The van der Waals surface area contributed by atoms with Crippen LogP contribution in [0.15, 0.2) is 12.3 Å². The molecule has 5 heteroatoms. The van der Waals surface area contributed by atoms with E-state index in [0.717, 1.165) is 4.90 Å². The summed E-state index contributed by atoms with van der Waals surface area (Å²) in [6, 6.07) is 0.